The van der Waals surface area contributed by atoms with Gasteiger partial charge in [-0.15, -0.1) is 0 Å². The van der Waals surface area contributed by atoms with E-state index in [2.05, 4.69) is 0 Å². The minimum Gasteiger partial charge on any atom is -0.520 e. The fraction of sp³-hybridized carbons (Fsp3) is 0.857. The molecule has 0 bridgehead atoms. The van der Waals surface area contributed by atoms with E-state index in [1.807, 2.05) is 0 Å². The van der Waals surface area contributed by atoms with E-state index < -0.39 is 18.1 Å². The van der Waals surface area contributed by atoms with Crippen molar-refractivity contribution in [3.05, 3.63) is 0 Å². The largest absolute Gasteiger partial charge is 0.520 e. The van der Waals surface area contributed by atoms with Gasteiger partial charge in [0.05, 0.1) is 5.92 Å². The Balaban J connectivity index is 0.00000169. The normalized spacial score (nSPS) is 28.1. The molecule has 1 heterocycles. The van der Waals surface area contributed by atoms with Gasteiger partial charge in [0.25, 0.3) is 0 Å². The van der Waals surface area contributed by atoms with E-state index in [4.69, 9.17) is 5.73 Å². The van der Waals surface area contributed by atoms with Gasteiger partial charge in [-0.05, 0) is 13.0 Å². The molecule has 0 aliphatic carbocycles. The summed E-state index contributed by atoms with van der Waals surface area (Å²) >= 11 is 0. The van der Waals surface area contributed by atoms with E-state index in [-0.39, 0.29) is 52.2 Å². The van der Waals surface area contributed by atoms with Crippen LogP contribution in [0.3, 0.4) is 0 Å². The molecule has 0 aromatic heterocycles. The van der Waals surface area contributed by atoms with Crippen molar-refractivity contribution in [3.8, 4) is 0 Å². The van der Waals surface area contributed by atoms with Crippen molar-refractivity contribution < 1.29 is 50.7 Å². The minimum atomic E-state index is -4.27. The molecule has 1 rings (SSSR count). The Hall–Kier alpha value is 0.324. The molecule has 1 radical (unpaired) electrons. The van der Waals surface area contributed by atoms with Crippen molar-refractivity contribution in [1.29, 1.82) is 0 Å². The van der Waals surface area contributed by atoms with Crippen LogP contribution in [0.15, 0.2) is 0 Å². The number of alkyl halides is 3. The number of piperidine rings is 1. The minimum absolute atomic E-state index is 0. The summed E-state index contributed by atoms with van der Waals surface area (Å²) in [6, 6.07) is -0.596. The van der Waals surface area contributed by atoms with E-state index in [1.165, 1.54) is 6.41 Å². The predicted octanol–water partition coefficient (Wildman–Crippen LogP) is 0.263. The fourth-order valence-electron chi connectivity index (χ4n) is 1.45. The van der Waals surface area contributed by atoms with Crippen LogP contribution in [-0.2, 0) is 37.5 Å². The summed E-state index contributed by atoms with van der Waals surface area (Å²) in [5.74, 6) is -1.50. The van der Waals surface area contributed by atoms with Crippen molar-refractivity contribution in [2.24, 2.45) is 11.7 Å². The van der Waals surface area contributed by atoms with Crippen LogP contribution in [0.2, 0.25) is 0 Å². The summed E-state index contributed by atoms with van der Waals surface area (Å²) in [5.41, 5.74) is 5.37. The van der Waals surface area contributed by atoms with Gasteiger partial charge in [-0.1, -0.05) is 0 Å². The van der Waals surface area contributed by atoms with E-state index in [0.29, 0.717) is 0 Å². The van der Waals surface area contributed by atoms with Crippen LogP contribution in [0.1, 0.15) is 6.42 Å². The average molecular weight is 284 g/mol. The second-order valence-corrected chi connectivity index (χ2v) is 3.23. The van der Waals surface area contributed by atoms with E-state index in [1.54, 1.807) is 0 Å². The quantitative estimate of drug-likeness (QED) is 0.702. The molecular formula is C7H10F3N2OY-. The molecule has 0 spiro atoms. The van der Waals surface area contributed by atoms with Crippen LogP contribution in [0.5, 0.6) is 0 Å². The SMILES string of the molecule is NC1CC(C(F)(F)F)CN([C-]=O)C1.[Y]. The standard InChI is InChI=1S/C7H10F3N2O.Y/c8-7(9,10)5-1-6(11)3-12(2-5)4-13;/h5-6H,1-3,11H2;/q-1;. The topological polar surface area (TPSA) is 46.3 Å². The van der Waals surface area contributed by atoms with E-state index in [9.17, 15) is 18.0 Å². The maximum atomic E-state index is 12.2. The molecule has 2 N–H and O–H groups in total. The van der Waals surface area contributed by atoms with Crippen LogP contribution in [-0.4, -0.2) is 36.6 Å². The zero-order valence-electron chi connectivity index (χ0n) is 7.42. The molecule has 1 aliphatic heterocycles. The van der Waals surface area contributed by atoms with Crippen molar-refractivity contribution in [3.63, 3.8) is 0 Å². The molecular weight excluding hydrogens is 274 g/mol. The molecule has 1 aliphatic rings. The molecule has 14 heavy (non-hydrogen) atoms. The van der Waals surface area contributed by atoms with Crippen LogP contribution in [0.4, 0.5) is 13.2 Å². The monoisotopic (exact) mass is 284 g/mol. The summed E-state index contributed by atoms with van der Waals surface area (Å²) in [7, 11) is 0. The first-order valence-corrected chi connectivity index (χ1v) is 3.88. The number of hydrogen-bond acceptors (Lipinski definition) is 2. The molecule has 2 unspecified atom stereocenters. The second kappa shape index (κ2) is 5.42. The van der Waals surface area contributed by atoms with Gasteiger partial charge in [0.15, 0.2) is 0 Å². The first kappa shape index (κ1) is 14.3. The first-order valence-electron chi connectivity index (χ1n) is 3.88. The third-order valence-corrected chi connectivity index (χ3v) is 2.07. The van der Waals surface area contributed by atoms with Crippen LogP contribution < -0.4 is 5.73 Å². The zero-order valence-corrected chi connectivity index (χ0v) is 10.3. The summed E-state index contributed by atoms with van der Waals surface area (Å²) in [6.45, 7) is -0.156. The Kier molecular flexibility index (Phi) is 5.54. The van der Waals surface area contributed by atoms with Crippen molar-refractivity contribution in [2.45, 2.75) is 18.6 Å². The summed E-state index contributed by atoms with van der Waals surface area (Å²) < 4.78 is 36.6. The Morgan fingerprint density at radius 1 is 1.36 bits per heavy atom. The number of hydrogen-bond donors (Lipinski definition) is 1. The number of nitrogens with zero attached hydrogens (tertiary/aromatic N) is 1. The van der Waals surface area contributed by atoms with Gasteiger partial charge in [0.2, 0.25) is 0 Å². The number of carbonyl (C=O) groups excluding carboxylic acids is 1. The van der Waals surface area contributed by atoms with Gasteiger partial charge in [-0.2, -0.15) is 19.6 Å². The maximum Gasteiger partial charge on any atom is 0.393 e. The molecule has 0 aromatic rings. The number of likely N-dealkylation sites (tertiary alicyclic amines) is 1. The number of nitrogens with two attached hydrogens (primary N) is 1. The van der Waals surface area contributed by atoms with Crippen LogP contribution in [0.25, 0.3) is 0 Å². The second-order valence-electron chi connectivity index (χ2n) is 3.23. The van der Waals surface area contributed by atoms with Crippen molar-refractivity contribution in [1.82, 2.24) is 4.90 Å². The third kappa shape index (κ3) is 3.83. The van der Waals surface area contributed by atoms with Crippen molar-refractivity contribution >= 4 is 6.41 Å². The van der Waals surface area contributed by atoms with Crippen LogP contribution in [0, 0.1) is 5.92 Å². The third-order valence-electron chi connectivity index (χ3n) is 2.07. The molecule has 0 saturated carbocycles. The number of rotatable bonds is 1. The summed E-state index contributed by atoms with van der Waals surface area (Å²) in [6.07, 6.45) is -2.94. The molecule has 2 atom stereocenters. The summed E-state index contributed by atoms with van der Waals surface area (Å²) in [4.78, 5) is 11.1. The Bertz CT molecular complexity index is 200. The predicted molar refractivity (Wildman–Crippen MR) is 39.4 cm³/mol. The van der Waals surface area contributed by atoms with Gasteiger partial charge in [-0.3, -0.25) is 0 Å². The van der Waals surface area contributed by atoms with E-state index >= 15 is 0 Å². The van der Waals surface area contributed by atoms with Crippen LogP contribution >= 0.6 is 0 Å². The molecule has 1 saturated heterocycles. The summed E-state index contributed by atoms with van der Waals surface area (Å²) in [5, 5.41) is 0. The van der Waals surface area contributed by atoms with Gasteiger partial charge in [-0.25, -0.2) is 0 Å². The van der Waals surface area contributed by atoms with Gasteiger partial charge in [0.1, 0.15) is 0 Å². The molecule has 3 nitrogen and oxygen atoms in total. The first-order chi connectivity index (χ1) is 5.93. The molecule has 1 fully saturated rings. The molecule has 79 valence electrons. The number of amides is 1. The van der Waals surface area contributed by atoms with Gasteiger partial charge in [0, 0.05) is 45.3 Å². The Morgan fingerprint density at radius 3 is 2.36 bits per heavy atom. The Labute approximate surface area is 105 Å². The Morgan fingerprint density at radius 2 is 1.93 bits per heavy atom. The number of halogens is 3. The molecule has 0 aromatic carbocycles. The zero-order chi connectivity index (χ0) is 10.1. The maximum absolute atomic E-state index is 12.2. The molecule has 7 heteroatoms. The van der Waals surface area contributed by atoms with E-state index in [0.717, 1.165) is 4.90 Å². The van der Waals surface area contributed by atoms with Gasteiger partial charge >= 0.3 is 6.18 Å². The van der Waals surface area contributed by atoms with Crippen molar-refractivity contribution in [2.75, 3.05) is 13.1 Å². The molecule has 1 amide bonds. The average Bonchev–Trinajstić information content (AvgIpc) is 2.01. The fourth-order valence-corrected chi connectivity index (χ4v) is 1.45. The smallest absolute Gasteiger partial charge is 0.393 e. The van der Waals surface area contributed by atoms with Gasteiger partial charge < -0.3 is 15.4 Å².